The maximum absolute atomic E-state index is 3.81. The Morgan fingerprint density at radius 2 is 2.10 bits per heavy atom. The third-order valence-electron chi connectivity index (χ3n) is 5.10. The smallest absolute Gasteiger partial charge is 0.0484 e. The second-order valence-electron chi connectivity index (χ2n) is 6.48. The van der Waals surface area contributed by atoms with E-state index >= 15 is 0 Å². The predicted molar refractivity (Wildman–Crippen MR) is 85.0 cm³/mol. The third kappa shape index (κ3) is 2.64. The number of nitrogens with one attached hydrogen (secondary N) is 1. The van der Waals surface area contributed by atoms with Crippen LogP contribution in [0, 0.1) is 0 Å². The van der Waals surface area contributed by atoms with E-state index in [1.807, 2.05) is 0 Å². The van der Waals surface area contributed by atoms with Crippen molar-refractivity contribution in [1.29, 1.82) is 0 Å². The molecule has 3 rings (SSSR count). The van der Waals surface area contributed by atoms with Crippen molar-refractivity contribution in [3.63, 3.8) is 0 Å². The lowest BCUT2D eigenvalue weighted by Gasteiger charge is -2.41. The van der Waals surface area contributed by atoms with E-state index in [0.29, 0.717) is 12.1 Å². The molecule has 1 aromatic rings. The van der Waals surface area contributed by atoms with Crippen LogP contribution in [0.2, 0.25) is 0 Å². The summed E-state index contributed by atoms with van der Waals surface area (Å²) in [6.45, 7) is 7.08. The Morgan fingerprint density at radius 1 is 1.25 bits per heavy atom. The van der Waals surface area contributed by atoms with Crippen molar-refractivity contribution in [2.45, 2.75) is 64.1 Å². The Balaban J connectivity index is 1.83. The summed E-state index contributed by atoms with van der Waals surface area (Å²) < 4.78 is 0. The van der Waals surface area contributed by atoms with E-state index in [1.54, 1.807) is 11.1 Å². The molecule has 1 N–H and O–H groups in total. The average Bonchev–Trinajstić information content (AvgIpc) is 2.84. The van der Waals surface area contributed by atoms with E-state index in [0.717, 1.165) is 12.6 Å². The Hall–Kier alpha value is -0.860. The van der Waals surface area contributed by atoms with Crippen molar-refractivity contribution in [2.24, 2.45) is 0 Å². The van der Waals surface area contributed by atoms with Crippen molar-refractivity contribution >= 4 is 0 Å². The summed E-state index contributed by atoms with van der Waals surface area (Å²) >= 11 is 0. The van der Waals surface area contributed by atoms with Crippen molar-refractivity contribution in [3.8, 4) is 0 Å². The van der Waals surface area contributed by atoms with E-state index < -0.39 is 0 Å². The third-order valence-corrected chi connectivity index (χ3v) is 5.10. The topological polar surface area (TPSA) is 15.3 Å². The second kappa shape index (κ2) is 6.28. The van der Waals surface area contributed by atoms with Crippen LogP contribution >= 0.6 is 0 Å². The predicted octanol–water partition coefficient (Wildman–Crippen LogP) is 3.53. The molecule has 0 bridgehead atoms. The van der Waals surface area contributed by atoms with Crippen LogP contribution in [-0.4, -0.2) is 30.1 Å². The molecule has 0 spiro atoms. The van der Waals surface area contributed by atoms with Crippen LogP contribution in [0.1, 0.15) is 56.7 Å². The first kappa shape index (κ1) is 14.1. The summed E-state index contributed by atoms with van der Waals surface area (Å²) in [5.41, 5.74) is 3.10. The van der Waals surface area contributed by atoms with Gasteiger partial charge in [-0.05, 0) is 56.8 Å². The number of nitrogens with zero attached hydrogens (tertiary/aromatic N) is 1. The zero-order valence-corrected chi connectivity index (χ0v) is 12.9. The minimum absolute atomic E-state index is 0.534. The van der Waals surface area contributed by atoms with Gasteiger partial charge >= 0.3 is 0 Å². The molecule has 0 saturated carbocycles. The van der Waals surface area contributed by atoms with E-state index in [4.69, 9.17) is 0 Å². The first-order valence-corrected chi connectivity index (χ1v) is 8.38. The van der Waals surface area contributed by atoms with Crippen LogP contribution in [0.4, 0.5) is 0 Å². The molecule has 3 unspecified atom stereocenters. The monoisotopic (exact) mass is 272 g/mol. The lowest BCUT2D eigenvalue weighted by Crippen LogP contribution is -2.49. The number of hydrogen-bond donors (Lipinski definition) is 1. The summed E-state index contributed by atoms with van der Waals surface area (Å²) in [7, 11) is 0. The quantitative estimate of drug-likeness (QED) is 0.902. The summed E-state index contributed by atoms with van der Waals surface area (Å²) in [6.07, 6.45) is 6.58. The van der Waals surface area contributed by atoms with Gasteiger partial charge in [-0.1, -0.05) is 37.6 Å². The van der Waals surface area contributed by atoms with Crippen molar-refractivity contribution in [1.82, 2.24) is 10.2 Å². The lowest BCUT2D eigenvalue weighted by atomic mass is 9.97. The van der Waals surface area contributed by atoms with Crippen molar-refractivity contribution in [3.05, 3.63) is 35.4 Å². The molecule has 1 saturated heterocycles. The molecule has 1 aliphatic carbocycles. The largest absolute Gasteiger partial charge is 0.309 e. The second-order valence-corrected chi connectivity index (χ2v) is 6.48. The van der Waals surface area contributed by atoms with E-state index in [9.17, 15) is 0 Å². The molecule has 1 fully saturated rings. The Kier molecular flexibility index (Phi) is 4.42. The Labute approximate surface area is 123 Å². The summed E-state index contributed by atoms with van der Waals surface area (Å²) in [6, 6.07) is 11.0. The van der Waals surface area contributed by atoms with Gasteiger partial charge in [-0.15, -0.1) is 0 Å². The first-order chi connectivity index (χ1) is 9.81. The highest BCUT2D eigenvalue weighted by molar-refractivity contribution is 5.37. The molecule has 0 amide bonds. The van der Waals surface area contributed by atoms with E-state index in [1.165, 1.54) is 38.6 Å². The summed E-state index contributed by atoms with van der Waals surface area (Å²) in [4.78, 5) is 2.77. The maximum atomic E-state index is 3.81. The molecule has 3 atom stereocenters. The van der Waals surface area contributed by atoms with Crippen LogP contribution in [-0.2, 0) is 6.42 Å². The van der Waals surface area contributed by atoms with Crippen LogP contribution in [0.25, 0.3) is 0 Å². The highest BCUT2D eigenvalue weighted by Gasteiger charge is 2.37. The lowest BCUT2D eigenvalue weighted by molar-refractivity contribution is 0.0878. The molecule has 2 aliphatic rings. The highest BCUT2D eigenvalue weighted by atomic mass is 15.2. The van der Waals surface area contributed by atoms with E-state index in [2.05, 4.69) is 48.3 Å². The van der Waals surface area contributed by atoms with Gasteiger partial charge in [0.05, 0.1) is 0 Å². The fraction of sp³-hybridized carbons (Fsp3) is 0.667. The number of hydrogen-bond acceptors (Lipinski definition) is 2. The number of piperidine rings is 1. The normalized spacial score (nSPS) is 30.4. The van der Waals surface area contributed by atoms with Gasteiger partial charge in [0.25, 0.3) is 0 Å². The highest BCUT2D eigenvalue weighted by Crippen LogP contribution is 2.37. The van der Waals surface area contributed by atoms with Gasteiger partial charge in [-0.25, -0.2) is 0 Å². The standard InChI is InChI=1S/C18H28N2/c1-3-11-19-18-16-10-5-4-9-15(16)13-17(18)20-12-7-6-8-14(20)2/h4-5,9-10,14,17-19H,3,6-8,11-13H2,1-2H3. The average molecular weight is 272 g/mol. The minimum Gasteiger partial charge on any atom is -0.309 e. The number of likely N-dealkylation sites (tertiary alicyclic amines) is 1. The number of benzene rings is 1. The summed E-state index contributed by atoms with van der Waals surface area (Å²) in [5.74, 6) is 0. The van der Waals surface area contributed by atoms with Crippen LogP contribution < -0.4 is 5.32 Å². The molecule has 1 aromatic carbocycles. The van der Waals surface area contributed by atoms with Crippen LogP contribution in [0.5, 0.6) is 0 Å². The minimum atomic E-state index is 0.534. The fourth-order valence-electron chi connectivity index (χ4n) is 4.04. The molecular weight excluding hydrogens is 244 g/mol. The zero-order chi connectivity index (χ0) is 13.9. The molecule has 0 radical (unpaired) electrons. The van der Waals surface area contributed by atoms with Crippen molar-refractivity contribution in [2.75, 3.05) is 13.1 Å². The molecule has 20 heavy (non-hydrogen) atoms. The van der Waals surface area contributed by atoms with E-state index in [-0.39, 0.29) is 0 Å². The van der Waals surface area contributed by atoms with Gasteiger partial charge in [0.2, 0.25) is 0 Å². The van der Waals surface area contributed by atoms with Gasteiger partial charge in [0.1, 0.15) is 0 Å². The fourth-order valence-corrected chi connectivity index (χ4v) is 4.04. The number of fused-ring (bicyclic) bond motifs is 1. The maximum Gasteiger partial charge on any atom is 0.0484 e. The molecule has 1 aliphatic heterocycles. The molecule has 0 aromatic heterocycles. The number of rotatable bonds is 4. The SMILES string of the molecule is CCCNC1c2ccccc2CC1N1CCCCC1C. The Morgan fingerprint density at radius 3 is 2.90 bits per heavy atom. The summed E-state index contributed by atoms with van der Waals surface area (Å²) in [5, 5.41) is 3.81. The zero-order valence-electron chi connectivity index (χ0n) is 12.9. The van der Waals surface area contributed by atoms with Crippen LogP contribution in [0.3, 0.4) is 0 Å². The molecule has 110 valence electrons. The van der Waals surface area contributed by atoms with Gasteiger partial charge in [0, 0.05) is 18.1 Å². The Bertz CT molecular complexity index is 443. The van der Waals surface area contributed by atoms with Gasteiger partial charge in [0.15, 0.2) is 0 Å². The molecular formula is C18H28N2. The van der Waals surface area contributed by atoms with Crippen LogP contribution in [0.15, 0.2) is 24.3 Å². The molecule has 1 heterocycles. The first-order valence-electron chi connectivity index (χ1n) is 8.38. The molecule has 2 heteroatoms. The van der Waals surface area contributed by atoms with Crippen molar-refractivity contribution < 1.29 is 0 Å². The van der Waals surface area contributed by atoms with Gasteiger partial charge in [-0.3, -0.25) is 4.90 Å². The molecule has 2 nitrogen and oxygen atoms in total. The van der Waals surface area contributed by atoms with Gasteiger partial charge < -0.3 is 5.32 Å². The van der Waals surface area contributed by atoms with Gasteiger partial charge in [-0.2, -0.15) is 0 Å².